The van der Waals surface area contributed by atoms with Crippen molar-refractivity contribution in [2.24, 2.45) is 0 Å². The molecule has 1 amide bonds. The number of carbonyl (C=O) groups is 1. The fourth-order valence-corrected chi connectivity index (χ4v) is 1.96. The summed E-state index contributed by atoms with van der Waals surface area (Å²) in [6.45, 7) is 0. The van der Waals surface area contributed by atoms with E-state index in [0.29, 0.717) is 10.8 Å². The largest absolute Gasteiger partial charge is 0.453 e. The van der Waals surface area contributed by atoms with Gasteiger partial charge in [0, 0.05) is 16.6 Å². The van der Waals surface area contributed by atoms with Gasteiger partial charge in [-0.1, -0.05) is 12.1 Å². The summed E-state index contributed by atoms with van der Waals surface area (Å²) in [5, 5.41) is 4.88. The first kappa shape index (κ1) is 11.4. The van der Waals surface area contributed by atoms with Gasteiger partial charge in [-0.3, -0.25) is 5.32 Å². The monoisotopic (exact) mass is 249 g/mol. The lowest BCUT2D eigenvalue weighted by Crippen LogP contribution is -2.10. The summed E-state index contributed by atoms with van der Waals surface area (Å²) in [6, 6.07) is 7.38. The highest BCUT2D eigenvalue weighted by molar-refractivity contribution is 7.14. The molecule has 0 aliphatic heterocycles. The van der Waals surface area contributed by atoms with Crippen LogP contribution in [0.1, 0.15) is 0 Å². The first-order valence-electron chi connectivity index (χ1n) is 4.85. The molecule has 6 heteroatoms. The number of hydrogen-bond donors (Lipinski definition) is 2. The van der Waals surface area contributed by atoms with Gasteiger partial charge in [-0.2, -0.15) is 0 Å². The first-order valence-corrected chi connectivity index (χ1v) is 5.73. The second kappa shape index (κ2) is 4.84. The number of benzene rings is 1. The Morgan fingerprint density at radius 1 is 1.41 bits per heavy atom. The van der Waals surface area contributed by atoms with E-state index in [1.165, 1.54) is 18.4 Å². The highest BCUT2D eigenvalue weighted by Crippen LogP contribution is 2.25. The summed E-state index contributed by atoms with van der Waals surface area (Å²) in [7, 11) is 1.31. The molecule has 5 nitrogen and oxygen atoms in total. The zero-order valence-corrected chi connectivity index (χ0v) is 9.95. The summed E-state index contributed by atoms with van der Waals surface area (Å²) in [6.07, 6.45) is -0.525. The highest BCUT2D eigenvalue weighted by Gasteiger charge is 2.07. The van der Waals surface area contributed by atoms with E-state index in [2.05, 4.69) is 15.0 Å². The van der Waals surface area contributed by atoms with Crippen LogP contribution in [0, 0.1) is 0 Å². The summed E-state index contributed by atoms with van der Waals surface area (Å²) >= 11 is 1.34. The number of carbonyl (C=O) groups excluding carboxylic acids is 1. The summed E-state index contributed by atoms with van der Waals surface area (Å²) in [5.41, 5.74) is 8.05. The van der Waals surface area contributed by atoms with Crippen molar-refractivity contribution >= 4 is 28.2 Å². The Morgan fingerprint density at radius 2 is 2.12 bits per heavy atom. The average molecular weight is 249 g/mol. The molecule has 17 heavy (non-hydrogen) atoms. The van der Waals surface area contributed by atoms with Crippen molar-refractivity contribution in [1.29, 1.82) is 0 Å². The minimum Gasteiger partial charge on any atom is -0.453 e. The summed E-state index contributed by atoms with van der Waals surface area (Å²) < 4.78 is 4.48. The van der Waals surface area contributed by atoms with Crippen molar-refractivity contribution in [2.45, 2.75) is 0 Å². The van der Waals surface area contributed by atoms with E-state index in [1.807, 2.05) is 29.6 Å². The first-order chi connectivity index (χ1) is 8.19. The van der Waals surface area contributed by atoms with Gasteiger partial charge in [-0.15, -0.1) is 11.3 Å². The lowest BCUT2D eigenvalue weighted by Gasteiger charge is -1.98. The van der Waals surface area contributed by atoms with Gasteiger partial charge in [0.1, 0.15) is 0 Å². The molecule has 0 fully saturated rings. The number of nitrogen functional groups attached to an aromatic ring is 1. The number of hydrogen-bond acceptors (Lipinski definition) is 5. The van der Waals surface area contributed by atoms with E-state index in [9.17, 15) is 4.79 Å². The van der Waals surface area contributed by atoms with Crippen molar-refractivity contribution in [3.63, 3.8) is 0 Å². The van der Waals surface area contributed by atoms with Crippen molar-refractivity contribution in [3.05, 3.63) is 29.6 Å². The molecular weight excluding hydrogens is 238 g/mol. The zero-order chi connectivity index (χ0) is 12.3. The van der Waals surface area contributed by atoms with Crippen LogP contribution in [0.5, 0.6) is 0 Å². The van der Waals surface area contributed by atoms with Crippen LogP contribution in [0.2, 0.25) is 0 Å². The Bertz CT molecular complexity index is 522. The predicted molar refractivity (Wildman–Crippen MR) is 68.0 cm³/mol. The van der Waals surface area contributed by atoms with E-state index >= 15 is 0 Å². The molecule has 1 heterocycles. The molecule has 0 saturated heterocycles. The van der Waals surface area contributed by atoms with Crippen LogP contribution in [0.15, 0.2) is 29.6 Å². The second-order valence-corrected chi connectivity index (χ2v) is 4.13. The second-order valence-electron chi connectivity index (χ2n) is 3.28. The number of thiazole rings is 1. The zero-order valence-electron chi connectivity index (χ0n) is 9.14. The SMILES string of the molecule is COC(=O)Nc1nc(-c2ccc(N)cc2)cs1. The maximum absolute atomic E-state index is 11.0. The quantitative estimate of drug-likeness (QED) is 0.802. The van der Waals surface area contributed by atoms with Gasteiger partial charge in [-0.05, 0) is 12.1 Å². The van der Waals surface area contributed by atoms with Gasteiger partial charge in [0.25, 0.3) is 0 Å². The molecule has 2 aromatic rings. The normalized spacial score (nSPS) is 9.94. The predicted octanol–water partition coefficient (Wildman–Crippen LogP) is 2.57. The molecule has 3 N–H and O–H groups in total. The van der Waals surface area contributed by atoms with Gasteiger partial charge < -0.3 is 10.5 Å². The number of nitrogens with two attached hydrogens (primary N) is 1. The van der Waals surface area contributed by atoms with Gasteiger partial charge in [0.15, 0.2) is 5.13 Å². The van der Waals surface area contributed by atoms with Crippen LogP contribution in [0.3, 0.4) is 0 Å². The van der Waals surface area contributed by atoms with Gasteiger partial charge in [-0.25, -0.2) is 9.78 Å². The van der Waals surface area contributed by atoms with Gasteiger partial charge in [0.2, 0.25) is 0 Å². The molecule has 0 bridgehead atoms. The molecule has 0 aliphatic rings. The third-order valence-corrected chi connectivity index (χ3v) is 2.86. The van der Waals surface area contributed by atoms with Crippen LogP contribution < -0.4 is 11.1 Å². The van der Waals surface area contributed by atoms with Crippen LogP contribution in [-0.2, 0) is 4.74 Å². The maximum Gasteiger partial charge on any atom is 0.413 e. The number of nitrogens with one attached hydrogen (secondary N) is 1. The van der Waals surface area contributed by atoms with Crippen molar-refractivity contribution in [3.8, 4) is 11.3 Å². The van der Waals surface area contributed by atoms with E-state index in [0.717, 1.165) is 11.3 Å². The lowest BCUT2D eigenvalue weighted by atomic mass is 10.1. The molecular formula is C11H11N3O2S. The fourth-order valence-electron chi connectivity index (χ4n) is 1.26. The molecule has 1 aromatic heterocycles. The molecule has 0 aliphatic carbocycles. The smallest absolute Gasteiger partial charge is 0.413 e. The number of rotatable bonds is 2. The molecule has 0 unspecified atom stereocenters. The molecule has 2 rings (SSSR count). The number of ether oxygens (including phenoxy) is 1. The third-order valence-electron chi connectivity index (χ3n) is 2.11. The number of aromatic nitrogens is 1. The van der Waals surface area contributed by atoms with Crippen molar-refractivity contribution in [2.75, 3.05) is 18.2 Å². The van der Waals surface area contributed by atoms with E-state index in [1.54, 1.807) is 0 Å². The van der Waals surface area contributed by atoms with Crippen molar-refractivity contribution in [1.82, 2.24) is 4.98 Å². The summed E-state index contributed by atoms with van der Waals surface area (Å²) in [5.74, 6) is 0. The summed E-state index contributed by atoms with van der Waals surface area (Å²) in [4.78, 5) is 15.3. The molecule has 0 radical (unpaired) electrons. The standard InChI is InChI=1S/C11H11N3O2S/c1-16-11(15)14-10-13-9(6-17-10)7-2-4-8(12)5-3-7/h2-6H,12H2,1H3,(H,13,14,15). The van der Waals surface area contributed by atoms with Gasteiger partial charge in [0.05, 0.1) is 12.8 Å². The maximum atomic E-state index is 11.0. The van der Waals surface area contributed by atoms with Crippen LogP contribution >= 0.6 is 11.3 Å². The molecule has 0 spiro atoms. The Hall–Kier alpha value is -2.08. The number of nitrogens with zero attached hydrogens (tertiary/aromatic N) is 1. The van der Waals surface area contributed by atoms with E-state index < -0.39 is 6.09 Å². The average Bonchev–Trinajstić information content (AvgIpc) is 2.78. The van der Waals surface area contributed by atoms with Gasteiger partial charge >= 0.3 is 6.09 Å². The Morgan fingerprint density at radius 3 is 2.76 bits per heavy atom. The van der Waals surface area contributed by atoms with Crippen LogP contribution in [-0.4, -0.2) is 18.2 Å². The Balaban J connectivity index is 2.18. The number of methoxy groups -OCH3 is 1. The molecule has 88 valence electrons. The van der Waals surface area contributed by atoms with E-state index in [-0.39, 0.29) is 0 Å². The number of amides is 1. The molecule has 0 atom stereocenters. The molecule has 0 saturated carbocycles. The Labute approximate surface area is 102 Å². The lowest BCUT2D eigenvalue weighted by molar-refractivity contribution is 0.187. The minimum atomic E-state index is -0.525. The Kier molecular flexibility index (Phi) is 3.24. The highest BCUT2D eigenvalue weighted by atomic mass is 32.1. The van der Waals surface area contributed by atoms with E-state index in [4.69, 9.17) is 5.73 Å². The third kappa shape index (κ3) is 2.73. The molecule has 1 aromatic carbocycles. The topological polar surface area (TPSA) is 77.2 Å². The minimum absolute atomic E-state index is 0.503. The number of anilines is 2. The van der Waals surface area contributed by atoms with Crippen LogP contribution in [0.25, 0.3) is 11.3 Å². The van der Waals surface area contributed by atoms with Crippen LogP contribution in [0.4, 0.5) is 15.6 Å². The van der Waals surface area contributed by atoms with Crippen molar-refractivity contribution < 1.29 is 9.53 Å². The fraction of sp³-hybridized carbons (Fsp3) is 0.0909.